The fraction of sp³-hybridized carbons (Fsp3) is 0.917. The summed E-state index contributed by atoms with van der Waals surface area (Å²) in [5, 5.41) is 19.0. The van der Waals surface area contributed by atoms with E-state index in [4.69, 9.17) is 0 Å². The molecule has 0 amide bonds. The van der Waals surface area contributed by atoms with Crippen LogP contribution in [0.2, 0.25) is 0 Å². The molecule has 0 heterocycles. The van der Waals surface area contributed by atoms with E-state index < -0.39 is 24.8 Å². The van der Waals surface area contributed by atoms with Crippen molar-refractivity contribution >= 4 is 11.9 Å². The molecule has 0 aromatic carbocycles. The average Bonchev–Trinajstić information content (AvgIpc) is 2.76. The van der Waals surface area contributed by atoms with Crippen LogP contribution in [0.1, 0.15) is 105 Å². The van der Waals surface area contributed by atoms with Gasteiger partial charge in [0, 0.05) is 24.0 Å². The Balaban J connectivity index is 0.000000428. The fourth-order valence-electron chi connectivity index (χ4n) is 4.58. The van der Waals surface area contributed by atoms with E-state index in [0.29, 0.717) is 0 Å². The molecule has 2 aliphatic rings. The molecule has 178 valence electrons. The van der Waals surface area contributed by atoms with Crippen molar-refractivity contribution in [2.45, 2.75) is 117 Å². The molecule has 0 aliphatic heterocycles. The Kier molecular flexibility index (Phi) is 17.9. The van der Waals surface area contributed by atoms with Gasteiger partial charge in [0.1, 0.15) is 0 Å². The standard InChI is InChI=1S/2C10H21N.C4H6O4/c2*1-3-11(4-2)10-8-6-5-7-9-10;5-3(6)1-2-4(7)8/h2*10H,3-9H2,1-2H3;1-2H2,(H,5,6)(H,7,8)/p-2. The van der Waals surface area contributed by atoms with E-state index in [-0.39, 0.29) is 0 Å². The zero-order valence-electron chi connectivity index (χ0n) is 20.0. The number of rotatable bonds is 9. The molecule has 0 unspecified atom stereocenters. The summed E-state index contributed by atoms with van der Waals surface area (Å²) in [5.41, 5.74) is 0. The van der Waals surface area contributed by atoms with E-state index in [1.165, 1.54) is 90.4 Å². The van der Waals surface area contributed by atoms with Crippen molar-refractivity contribution in [2.75, 3.05) is 26.2 Å². The van der Waals surface area contributed by atoms with Gasteiger partial charge in [-0.2, -0.15) is 0 Å². The fourth-order valence-corrected chi connectivity index (χ4v) is 4.58. The first-order chi connectivity index (χ1) is 14.4. The van der Waals surface area contributed by atoms with E-state index in [9.17, 15) is 19.8 Å². The maximum atomic E-state index is 9.50. The summed E-state index contributed by atoms with van der Waals surface area (Å²) in [4.78, 5) is 24.2. The van der Waals surface area contributed by atoms with Crippen LogP contribution in [0, 0.1) is 0 Å². The third-order valence-electron chi connectivity index (χ3n) is 6.34. The highest BCUT2D eigenvalue weighted by Gasteiger charge is 2.18. The van der Waals surface area contributed by atoms with Gasteiger partial charge in [0.05, 0.1) is 0 Å². The van der Waals surface area contributed by atoms with Crippen LogP contribution in [0.5, 0.6) is 0 Å². The quantitative estimate of drug-likeness (QED) is 0.563. The predicted octanol–water partition coefficient (Wildman–Crippen LogP) is 2.59. The first-order valence-corrected chi connectivity index (χ1v) is 12.3. The summed E-state index contributed by atoms with van der Waals surface area (Å²) in [7, 11) is 0. The highest BCUT2D eigenvalue weighted by molar-refractivity contribution is 5.72. The SMILES string of the molecule is CCN(CC)C1CCCCC1.CCN(CC)C1CCCCC1.O=C([O-])CCC(=O)[O-]. The highest BCUT2D eigenvalue weighted by Crippen LogP contribution is 2.22. The molecule has 6 heteroatoms. The van der Waals surface area contributed by atoms with Crippen molar-refractivity contribution in [3.8, 4) is 0 Å². The molecule has 0 spiro atoms. The number of hydrogen-bond acceptors (Lipinski definition) is 6. The Morgan fingerprint density at radius 3 is 1.07 bits per heavy atom. The van der Waals surface area contributed by atoms with Gasteiger partial charge >= 0.3 is 0 Å². The Hall–Kier alpha value is -1.14. The van der Waals surface area contributed by atoms with Gasteiger partial charge in [0.2, 0.25) is 0 Å². The minimum absolute atomic E-state index is 0.470. The van der Waals surface area contributed by atoms with E-state index in [1.54, 1.807) is 0 Å². The second-order valence-electron chi connectivity index (χ2n) is 8.27. The van der Waals surface area contributed by atoms with E-state index in [2.05, 4.69) is 37.5 Å². The van der Waals surface area contributed by atoms with Crippen LogP contribution in [0.4, 0.5) is 0 Å². The molecule has 2 fully saturated rings. The summed E-state index contributed by atoms with van der Waals surface area (Å²) in [5.74, 6) is -2.73. The molecule has 0 bridgehead atoms. The lowest BCUT2D eigenvalue weighted by Gasteiger charge is -2.32. The van der Waals surface area contributed by atoms with Crippen LogP contribution in [-0.2, 0) is 9.59 Å². The van der Waals surface area contributed by atoms with Crippen LogP contribution in [-0.4, -0.2) is 60.0 Å². The summed E-state index contributed by atoms with van der Waals surface area (Å²) < 4.78 is 0. The Bertz CT molecular complexity index is 385. The van der Waals surface area contributed by atoms with Crippen LogP contribution >= 0.6 is 0 Å². The van der Waals surface area contributed by atoms with Gasteiger partial charge in [-0.15, -0.1) is 0 Å². The molecule has 0 atom stereocenters. The smallest absolute Gasteiger partial charge is 0.0418 e. The van der Waals surface area contributed by atoms with Crippen molar-refractivity contribution in [3.05, 3.63) is 0 Å². The number of carboxylic acid groups (broad SMARTS) is 2. The highest BCUT2D eigenvalue weighted by atomic mass is 16.4. The second-order valence-corrected chi connectivity index (χ2v) is 8.27. The predicted molar refractivity (Wildman–Crippen MR) is 119 cm³/mol. The summed E-state index contributed by atoms with van der Waals surface area (Å²) in [6.07, 6.45) is 13.6. The van der Waals surface area contributed by atoms with Crippen molar-refractivity contribution < 1.29 is 19.8 Å². The Labute approximate surface area is 185 Å². The monoisotopic (exact) mass is 426 g/mol. The van der Waals surface area contributed by atoms with Crippen molar-refractivity contribution in [3.63, 3.8) is 0 Å². The first-order valence-electron chi connectivity index (χ1n) is 12.3. The summed E-state index contributed by atoms with van der Waals surface area (Å²) in [6.45, 7) is 14.1. The van der Waals surface area contributed by atoms with Gasteiger partial charge in [0.25, 0.3) is 0 Å². The molecule has 0 saturated heterocycles. The number of carboxylic acids is 2. The molecule has 2 rings (SSSR count). The summed E-state index contributed by atoms with van der Waals surface area (Å²) >= 11 is 0. The van der Waals surface area contributed by atoms with Gasteiger partial charge < -0.3 is 29.6 Å². The van der Waals surface area contributed by atoms with Crippen LogP contribution in [0.15, 0.2) is 0 Å². The molecule has 0 radical (unpaired) electrons. The normalized spacial score (nSPS) is 17.7. The third kappa shape index (κ3) is 14.0. The molecule has 6 nitrogen and oxygen atoms in total. The molecule has 2 aliphatic carbocycles. The topological polar surface area (TPSA) is 86.7 Å². The Morgan fingerprint density at radius 1 is 0.600 bits per heavy atom. The third-order valence-corrected chi connectivity index (χ3v) is 6.34. The van der Waals surface area contributed by atoms with Crippen molar-refractivity contribution in [2.24, 2.45) is 0 Å². The number of hydrogen-bond donors (Lipinski definition) is 0. The lowest BCUT2D eigenvalue weighted by molar-refractivity contribution is -0.315. The molecular formula is C24H46N2O4-2. The van der Waals surface area contributed by atoms with Crippen LogP contribution in [0.25, 0.3) is 0 Å². The molecule has 2 saturated carbocycles. The van der Waals surface area contributed by atoms with Gasteiger partial charge in [-0.3, -0.25) is 0 Å². The lowest BCUT2D eigenvalue weighted by atomic mass is 9.94. The van der Waals surface area contributed by atoms with Gasteiger partial charge in [-0.05, 0) is 64.7 Å². The molecule has 0 aromatic rings. The zero-order valence-corrected chi connectivity index (χ0v) is 20.0. The van der Waals surface area contributed by atoms with E-state index in [1.807, 2.05) is 0 Å². The van der Waals surface area contributed by atoms with E-state index in [0.717, 1.165) is 12.1 Å². The minimum Gasteiger partial charge on any atom is -0.550 e. The number of carbonyl (C=O) groups is 2. The van der Waals surface area contributed by atoms with Gasteiger partial charge in [0.15, 0.2) is 0 Å². The van der Waals surface area contributed by atoms with Crippen LogP contribution in [0.3, 0.4) is 0 Å². The molecular weight excluding hydrogens is 380 g/mol. The summed E-state index contributed by atoms with van der Waals surface area (Å²) in [6, 6.07) is 1.83. The molecule has 0 N–H and O–H groups in total. The number of carbonyl (C=O) groups excluding carboxylic acids is 2. The van der Waals surface area contributed by atoms with Crippen molar-refractivity contribution in [1.29, 1.82) is 0 Å². The largest absolute Gasteiger partial charge is 0.550 e. The molecule has 30 heavy (non-hydrogen) atoms. The number of nitrogens with zero attached hydrogens (tertiary/aromatic N) is 2. The maximum absolute atomic E-state index is 9.50. The number of aliphatic carboxylic acids is 2. The maximum Gasteiger partial charge on any atom is 0.0418 e. The zero-order chi connectivity index (χ0) is 22.8. The molecule has 0 aromatic heterocycles. The first kappa shape index (κ1) is 28.9. The lowest BCUT2D eigenvalue weighted by Crippen LogP contribution is -2.36. The van der Waals surface area contributed by atoms with Gasteiger partial charge in [-0.1, -0.05) is 66.2 Å². The van der Waals surface area contributed by atoms with Crippen LogP contribution < -0.4 is 10.2 Å². The second kappa shape index (κ2) is 18.6. The van der Waals surface area contributed by atoms with Crippen molar-refractivity contribution in [1.82, 2.24) is 9.80 Å². The van der Waals surface area contributed by atoms with Gasteiger partial charge in [-0.25, -0.2) is 0 Å². The average molecular weight is 427 g/mol. The Morgan fingerprint density at radius 2 is 0.867 bits per heavy atom. The van der Waals surface area contributed by atoms with E-state index >= 15 is 0 Å². The minimum atomic E-state index is -1.37.